The van der Waals surface area contributed by atoms with Crippen molar-refractivity contribution in [3.05, 3.63) is 33.8 Å². The molecule has 0 radical (unpaired) electrons. The Hall–Kier alpha value is -1.55. The predicted octanol–water partition coefficient (Wildman–Crippen LogP) is 1.40. The van der Waals surface area contributed by atoms with Gasteiger partial charge in [0.15, 0.2) is 0 Å². The van der Waals surface area contributed by atoms with Crippen molar-refractivity contribution in [2.75, 3.05) is 5.32 Å². The van der Waals surface area contributed by atoms with Crippen molar-refractivity contribution in [1.29, 1.82) is 0 Å². The van der Waals surface area contributed by atoms with E-state index in [2.05, 4.69) is 14.9 Å². The molecule has 0 aliphatic heterocycles. The number of hydrogen-bond donors (Lipinski definition) is 2. The third kappa shape index (κ3) is 3.12. The van der Waals surface area contributed by atoms with Crippen molar-refractivity contribution in [3.8, 4) is 0 Å². The number of sulfonamides is 1. The van der Waals surface area contributed by atoms with E-state index in [1.807, 2.05) is 0 Å². The molecule has 20 heavy (non-hydrogen) atoms. The first-order valence-corrected chi connectivity index (χ1v) is 7.91. The summed E-state index contributed by atoms with van der Waals surface area (Å²) < 4.78 is 26.1. The van der Waals surface area contributed by atoms with Crippen LogP contribution >= 0.6 is 23.1 Å². The van der Waals surface area contributed by atoms with E-state index in [9.17, 15) is 13.2 Å². The maximum Gasteiger partial charge on any atom is 0.269 e. The number of rotatable bonds is 3. The molecule has 0 bridgehead atoms. The van der Waals surface area contributed by atoms with E-state index in [4.69, 9.17) is 16.7 Å². The first-order valence-electron chi connectivity index (χ1n) is 5.21. The molecule has 0 saturated carbocycles. The lowest BCUT2D eigenvalue weighted by atomic mass is 10.3. The summed E-state index contributed by atoms with van der Waals surface area (Å²) in [6.07, 6.45) is 0. The van der Waals surface area contributed by atoms with Crippen LogP contribution in [0.3, 0.4) is 0 Å². The van der Waals surface area contributed by atoms with Crippen LogP contribution in [-0.4, -0.2) is 23.9 Å². The highest BCUT2D eigenvalue weighted by Crippen LogP contribution is 2.24. The number of carbonyl (C=O) groups excluding carboxylic acids is 1. The summed E-state index contributed by atoms with van der Waals surface area (Å²) in [4.78, 5) is 12.1. The van der Waals surface area contributed by atoms with Crippen molar-refractivity contribution < 1.29 is 13.2 Å². The number of anilines is 1. The number of benzene rings is 1. The van der Waals surface area contributed by atoms with Crippen LogP contribution in [0.25, 0.3) is 0 Å². The molecule has 7 nitrogen and oxygen atoms in total. The van der Waals surface area contributed by atoms with E-state index in [0.717, 1.165) is 11.5 Å². The number of nitrogens with two attached hydrogens (primary N) is 1. The van der Waals surface area contributed by atoms with E-state index in [1.165, 1.54) is 18.2 Å². The van der Waals surface area contributed by atoms with Crippen molar-refractivity contribution >= 4 is 44.8 Å². The molecule has 106 valence electrons. The third-order valence-electron chi connectivity index (χ3n) is 2.35. The summed E-state index contributed by atoms with van der Waals surface area (Å²) in [7, 11) is -3.89. The second-order valence-corrected chi connectivity index (χ2v) is 6.52. The number of aryl methyl sites for hydroxylation is 1. The van der Waals surface area contributed by atoms with Gasteiger partial charge in [0.2, 0.25) is 10.0 Å². The molecule has 0 atom stereocenters. The molecule has 3 N–H and O–H groups in total. The minimum atomic E-state index is -3.89. The van der Waals surface area contributed by atoms with Crippen LogP contribution in [0.15, 0.2) is 23.1 Å². The molecule has 0 fully saturated rings. The molecule has 0 aliphatic rings. The Morgan fingerprint density at radius 2 is 2.15 bits per heavy atom. The van der Waals surface area contributed by atoms with Crippen molar-refractivity contribution in [2.45, 2.75) is 11.8 Å². The highest BCUT2D eigenvalue weighted by atomic mass is 35.5. The van der Waals surface area contributed by atoms with Crippen LogP contribution in [0.5, 0.6) is 0 Å². The van der Waals surface area contributed by atoms with Gasteiger partial charge in [0.05, 0.1) is 10.7 Å². The molecule has 10 heteroatoms. The van der Waals surface area contributed by atoms with Crippen LogP contribution in [0.2, 0.25) is 5.02 Å². The highest BCUT2D eigenvalue weighted by molar-refractivity contribution is 7.89. The van der Waals surface area contributed by atoms with Crippen molar-refractivity contribution in [3.63, 3.8) is 0 Å². The SMILES string of the molecule is Cc1nnsc1C(=O)Nc1ccc(S(N)(=O)=O)c(Cl)c1. The van der Waals surface area contributed by atoms with Crippen molar-refractivity contribution in [2.24, 2.45) is 5.14 Å². The van der Waals surface area contributed by atoms with E-state index < -0.39 is 15.9 Å². The lowest BCUT2D eigenvalue weighted by Gasteiger charge is -2.06. The number of aromatic nitrogens is 2. The maximum atomic E-state index is 11.9. The van der Waals surface area contributed by atoms with Gasteiger partial charge in [-0.05, 0) is 36.7 Å². The summed E-state index contributed by atoms with van der Waals surface area (Å²) in [5, 5.41) is 11.2. The first kappa shape index (κ1) is 14.9. The Balaban J connectivity index is 2.26. The van der Waals surface area contributed by atoms with Gasteiger partial charge in [-0.1, -0.05) is 16.1 Å². The van der Waals surface area contributed by atoms with Gasteiger partial charge in [0, 0.05) is 5.69 Å². The van der Waals surface area contributed by atoms with Gasteiger partial charge in [-0.2, -0.15) is 0 Å². The molecular weight excluding hydrogens is 324 g/mol. The molecule has 0 aliphatic carbocycles. The maximum absolute atomic E-state index is 11.9. The molecule has 2 rings (SSSR count). The minimum Gasteiger partial charge on any atom is -0.321 e. The summed E-state index contributed by atoms with van der Waals surface area (Å²) in [6.45, 7) is 1.66. The van der Waals surface area contributed by atoms with E-state index in [-0.39, 0.29) is 9.92 Å². The predicted molar refractivity (Wildman–Crippen MR) is 75.4 cm³/mol. The van der Waals surface area contributed by atoms with E-state index in [0.29, 0.717) is 16.3 Å². The number of amides is 1. The smallest absolute Gasteiger partial charge is 0.269 e. The Bertz CT molecular complexity index is 773. The van der Waals surface area contributed by atoms with Crippen molar-refractivity contribution in [1.82, 2.24) is 9.59 Å². The number of nitrogens with zero attached hydrogens (tertiary/aromatic N) is 2. The number of halogens is 1. The van der Waals surface area contributed by atoms with E-state index in [1.54, 1.807) is 6.92 Å². The molecular formula is C10H9ClN4O3S2. The zero-order valence-corrected chi connectivity index (χ0v) is 12.5. The number of nitrogens with one attached hydrogen (secondary N) is 1. The molecule has 2 aromatic rings. The fourth-order valence-electron chi connectivity index (χ4n) is 1.44. The summed E-state index contributed by atoms with van der Waals surface area (Å²) >= 11 is 6.79. The van der Waals surface area contributed by atoms with Gasteiger partial charge in [-0.15, -0.1) is 5.10 Å². The molecule has 0 unspecified atom stereocenters. The molecule has 1 amide bonds. The Morgan fingerprint density at radius 3 is 2.65 bits per heavy atom. The molecule has 1 aromatic carbocycles. The lowest BCUT2D eigenvalue weighted by Crippen LogP contribution is -2.14. The first-order chi connectivity index (χ1) is 9.29. The average molecular weight is 333 g/mol. The van der Waals surface area contributed by atoms with Crippen LogP contribution in [-0.2, 0) is 10.0 Å². The average Bonchev–Trinajstić information content (AvgIpc) is 2.73. The van der Waals surface area contributed by atoms with Gasteiger partial charge in [-0.3, -0.25) is 4.79 Å². The van der Waals surface area contributed by atoms with E-state index >= 15 is 0 Å². The third-order valence-corrected chi connectivity index (χ3v) is 4.57. The largest absolute Gasteiger partial charge is 0.321 e. The standard InChI is InChI=1S/C10H9ClN4O3S2/c1-5-9(19-15-14-5)10(16)13-6-2-3-8(7(11)4-6)20(12,17)18/h2-4H,1H3,(H,13,16)(H2,12,17,18). The van der Waals surface area contributed by atoms with Gasteiger partial charge in [0.25, 0.3) is 5.91 Å². The fraction of sp³-hybridized carbons (Fsp3) is 0.100. The van der Waals surface area contributed by atoms with Crippen LogP contribution in [0.1, 0.15) is 15.4 Å². The fourth-order valence-corrected chi connectivity index (χ4v) is 3.08. The van der Waals surface area contributed by atoms with Gasteiger partial charge >= 0.3 is 0 Å². The molecule has 0 saturated heterocycles. The Kier molecular flexibility index (Phi) is 4.04. The number of carbonyl (C=O) groups is 1. The molecule has 0 spiro atoms. The quantitative estimate of drug-likeness (QED) is 0.881. The second-order valence-electron chi connectivity index (χ2n) is 3.83. The second kappa shape index (κ2) is 5.44. The lowest BCUT2D eigenvalue weighted by molar-refractivity contribution is 0.103. The molecule has 1 aromatic heterocycles. The summed E-state index contributed by atoms with van der Waals surface area (Å²) in [5.74, 6) is -0.392. The van der Waals surface area contributed by atoms with Gasteiger partial charge < -0.3 is 5.32 Å². The van der Waals surface area contributed by atoms with Crippen LogP contribution in [0.4, 0.5) is 5.69 Å². The zero-order valence-electron chi connectivity index (χ0n) is 10.1. The number of primary sulfonamides is 1. The molecule has 1 heterocycles. The topological polar surface area (TPSA) is 115 Å². The van der Waals surface area contributed by atoms with Crippen LogP contribution in [0, 0.1) is 6.92 Å². The summed E-state index contributed by atoms with van der Waals surface area (Å²) in [6, 6.07) is 3.93. The Labute approximate surface area is 124 Å². The normalized spacial score (nSPS) is 11.3. The minimum absolute atomic E-state index is 0.0653. The zero-order chi connectivity index (χ0) is 14.9. The van der Waals surface area contributed by atoms with Crippen LogP contribution < -0.4 is 10.5 Å². The van der Waals surface area contributed by atoms with Gasteiger partial charge in [-0.25, -0.2) is 13.6 Å². The monoisotopic (exact) mass is 332 g/mol. The highest BCUT2D eigenvalue weighted by Gasteiger charge is 2.16. The Morgan fingerprint density at radius 1 is 1.45 bits per heavy atom. The van der Waals surface area contributed by atoms with Gasteiger partial charge in [0.1, 0.15) is 9.77 Å². The number of hydrogen-bond acceptors (Lipinski definition) is 6. The summed E-state index contributed by atoms with van der Waals surface area (Å²) in [5.41, 5.74) is 0.861.